The maximum absolute atomic E-state index is 12.2. The second-order valence-corrected chi connectivity index (χ2v) is 7.74. The van der Waals surface area contributed by atoms with Gasteiger partial charge in [-0.1, -0.05) is 30.3 Å². The van der Waals surface area contributed by atoms with E-state index in [0.29, 0.717) is 19.7 Å². The molecule has 1 saturated heterocycles. The van der Waals surface area contributed by atoms with E-state index in [4.69, 9.17) is 9.47 Å². The molecule has 1 heterocycles. The highest BCUT2D eigenvalue weighted by molar-refractivity contribution is 7.85. The van der Waals surface area contributed by atoms with Crippen LogP contribution in [0.3, 0.4) is 0 Å². The monoisotopic (exact) mass is 371 g/mol. The zero-order chi connectivity index (χ0) is 18.1. The lowest BCUT2D eigenvalue weighted by molar-refractivity contribution is 0.0376. The van der Waals surface area contributed by atoms with E-state index in [1.807, 2.05) is 30.3 Å². The second-order valence-electron chi connectivity index (χ2n) is 6.10. The Kier molecular flexibility index (Phi) is 7.67. The number of likely N-dealkylation sites (tertiary alicyclic amines) is 1. The van der Waals surface area contributed by atoms with E-state index in [2.05, 4.69) is 4.18 Å². The van der Waals surface area contributed by atoms with Crippen LogP contribution < -0.4 is 0 Å². The van der Waals surface area contributed by atoms with Crippen LogP contribution in [0.4, 0.5) is 4.79 Å². The Balaban J connectivity index is 1.66. The number of rotatable bonds is 8. The van der Waals surface area contributed by atoms with E-state index >= 15 is 0 Å². The molecule has 1 atom stereocenters. The van der Waals surface area contributed by atoms with Crippen LogP contribution in [0, 0.1) is 5.92 Å². The van der Waals surface area contributed by atoms with Crippen molar-refractivity contribution in [3.63, 3.8) is 0 Å². The van der Waals surface area contributed by atoms with Gasteiger partial charge in [-0.3, -0.25) is 4.18 Å². The van der Waals surface area contributed by atoms with E-state index in [1.165, 1.54) is 0 Å². The number of carbonyl (C=O) groups excluding carboxylic acids is 1. The Hall–Kier alpha value is -1.64. The molecule has 1 unspecified atom stereocenters. The second kappa shape index (κ2) is 9.74. The van der Waals surface area contributed by atoms with Crippen molar-refractivity contribution < 1.29 is 26.9 Å². The highest BCUT2D eigenvalue weighted by Gasteiger charge is 2.24. The van der Waals surface area contributed by atoms with Gasteiger partial charge >= 0.3 is 6.09 Å². The number of ether oxygens (including phenoxy) is 2. The molecule has 140 valence electrons. The van der Waals surface area contributed by atoms with Gasteiger partial charge in [0.25, 0.3) is 10.1 Å². The molecule has 1 fully saturated rings. The smallest absolute Gasteiger partial charge is 0.410 e. The first-order valence-corrected chi connectivity index (χ1v) is 10.1. The fourth-order valence-corrected chi connectivity index (χ4v) is 3.04. The molecule has 0 bridgehead atoms. The van der Waals surface area contributed by atoms with Gasteiger partial charge in [-0.15, -0.1) is 0 Å². The number of hydrogen-bond acceptors (Lipinski definition) is 6. The van der Waals surface area contributed by atoms with Gasteiger partial charge in [0.1, 0.15) is 6.61 Å². The average Bonchev–Trinajstić information content (AvgIpc) is 2.59. The van der Waals surface area contributed by atoms with Crippen molar-refractivity contribution in [3.8, 4) is 0 Å². The van der Waals surface area contributed by atoms with Crippen molar-refractivity contribution in [1.29, 1.82) is 0 Å². The average molecular weight is 371 g/mol. The van der Waals surface area contributed by atoms with Gasteiger partial charge in [0, 0.05) is 19.0 Å². The molecule has 1 aromatic rings. The summed E-state index contributed by atoms with van der Waals surface area (Å²) in [4.78, 5) is 13.9. The molecule has 0 radical (unpaired) electrons. The standard InChI is InChI=1S/C17H25NO6S/c1-25(20,21)24-11-10-22-13-16-8-5-9-18(12-16)17(19)23-14-15-6-3-2-4-7-15/h2-4,6-7,16H,5,8-14H2,1H3. The zero-order valence-corrected chi connectivity index (χ0v) is 15.2. The topological polar surface area (TPSA) is 82.1 Å². The molecular formula is C17H25NO6S. The maximum atomic E-state index is 12.2. The van der Waals surface area contributed by atoms with Crippen LogP contribution >= 0.6 is 0 Å². The molecule has 1 aromatic carbocycles. The first-order valence-electron chi connectivity index (χ1n) is 8.32. The minimum absolute atomic E-state index is 0.00832. The Morgan fingerprint density at radius 3 is 2.72 bits per heavy atom. The normalized spacial score (nSPS) is 18.1. The SMILES string of the molecule is CS(=O)(=O)OCCOCC1CCCN(C(=O)OCc2ccccc2)C1. The molecule has 0 N–H and O–H groups in total. The number of nitrogens with zero attached hydrogens (tertiary/aromatic N) is 1. The molecule has 0 saturated carbocycles. The Morgan fingerprint density at radius 1 is 1.24 bits per heavy atom. The molecule has 7 nitrogen and oxygen atoms in total. The summed E-state index contributed by atoms with van der Waals surface area (Å²) in [6, 6.07) is 9.56. The summed E-state index contributed by atoms with van der Waals surface area (Å²) in [6.45, 7) is 2.22. The number of hydrogen-bond donors (Lipinski definition) is 0. The van der Waals surface area contributed by atoms with Crippen LogP contribution in [0.5, 0.6) is 0 Å². The van der Waals surface area contributed by atoms with Crippen molar-refractivity contribution in [1.82, 2.24) is 4.90 Å². The van der Waals surface area contributed by atoms with E-state index in [-0.39, 0.29) is 31.8 Å². The highest BCUT2D eigenvalue weighted by Crippen LogP contribution is 2.18. The zero-order valence-electron chi connectivity index (χ0n) is 14.4. The van der Waals surface area contributed by atoms with Crippen molar-refractivity contribution in [3.05, 3.63) is 35.9 Å². The maximum Gasteiger partial charge on any atom is 0.410 e. The number of piperidine rings is 1. The number of amides is 1. The van der Waals surface area contributed by atoms with Crippen LogP contribution in [0.25, 0.3) is 0 Å². The summed E-state index contributed by atoms with van der Waals surface area (Å²) in [6.07, 6.45) is 2.56. The molecule has 1 amide bonds. The van der Waals surface area contributed by atoms with Gasteiger partial charge in [-0.2, -0.15) is 8.42 Å². The summed E-state index contributed by atoms with van der Waals surface area (Å²) < 4.78 is 37.1. The molecule has 8 heteroatoms. The quantitative estimate of drug-likeness (QED) is 0.514. The molecular weight excluding hydrogens is 346 g/mol. The van der Waals surface area contributed by atoms with Crippen LogP contribution in [0.1, 0.15) is 18.4 Å². The predicted octanol–water partition coefficient (Wildman–Crippen LogP) is 2.03. The fourth-order valence-electron chi connectivity index (χ4n) is 2.67. The van der Waals surface area contributed by atoms with Crippen molar-refractivity contribution in [2.45, 2.75) is 19.4 Å². The first-order chi connectivity index (χ1) is 11.9. The van der Waals surface area contributed by atoms with Gasteiger partial charge in [0.15, 0.2) is 0 Å². The molecule has 2 rings (SSSR count). The van der Waals surface area contributed by atoms with Gasteiger partial charge in [0.2, 0.25) is 0 Å². The summed E-state index contributed by atoms with van der Waals surface area (Å²) in [7, 11) is -3.43. The van der Waals surface area contributed by atoms with Crippen molar-refractivity contribution >= 4 is 16.2 Å². The first kappa shape index (κ1) is 19.7. The minimum Gasteiger partial charge on any atom is -0.445 e. The predicted molar refractivity (Wildman–Crippen MR) is 92.5 cm³/mol. The lowest BCUT2D eigenvalue weighted by atomic mass is 9.99. The fraction of sp³-hybridized carbons (Fsp3) is 0.588. The lowest BCUT2D eigenvalue weighted by Gasteiger charge is -2.31. The van der Waals surface area contributed by atoms with E-state index in [0.717, 1.165) is 24.7 Å². The molecule has 25 heavy (non-hydrogen) atoms. The third-order valence-electron chi connectivity index (χ3n) is 3.86. The van der Waals surface area contributed by atoms with Gasteiger partial charge in [-0.05, 0) is 18.4 Å². The number of benzene rings is 1. The minimum atomic E-state index is -3.43. The third-order valence-corrected chi connectivity index (χ3v) is 4.46. The molecule has 0 aromatic heterocycles. The Bertz CT molecular complexity index is 634. The van der Waals surface area contributed by atoms with Gasteiger partial charge < -0.3 is 14.4 Å². The summed E-state index contributed by atoms with van der Waals surface area (Å²) in [5.74, 6) is 0.219. The van der Waals surface area contributed by atoms with Crippen LogP contribution in [0.2, 0.25) is 0 Å². The van der Waals surface area contributed by atoms with E-state index in [9.17, 15) is 13.2 Å². The summed E-state index contributed by atoms with van der Waals surface area (Å²) in [5, 5.41) is 0. The molecule has 1 aliphatic heterocycles. The van der Waals surface area contributed by atoms with Crippen molar-refractivity contribution in [2.75, 3.05) is 39.2 Å². The highest BCUT2D eigenvalue weighted by atomic mass is 32.2. The summed E-state index contributed by atoms with van der Waals surface area (Å²) in [5.41, 5.74) is 0.957. The van der Waals surface area contributed by atoms with Crippen LogP contribution in [0.15, 0.2) is 30.3 Å². The van der Waals surface area contributed by atoms with Crippen LogP contribution in [-0.2, 0) is 30.4 Å². The van der Waals surface area contributed by atoms with Crippen LogP contribution in [-0.4, -0.2) is 58.6 Å². The largest absolute Gasteiger partial charge is 0.445 e. The molecule has 0 aliphatic carbocycles. The third kappa shape index (κ3) is 7.85. The number of carbonyl (C=O) groups is 1. The Morgan fingerprint density at radius 2 is 2.00 bits per heavy atom. The summed E-state index contributed by atoms with van der Waals surface area (Å²) >= 11 is 0. The van der Waals surface area contributed by atoms with E-state index in [1.54, 1.807) is 4.90 Å². The van der Waals surface area contributed by atoms with E-state index < -0.39 is 10.1 Å². The lowest BCUT2D eigenvalue weighted by Crippen LogP contribution is -2.41. The van der Waals surface area contributed by atoms with Gasteiger partial charge in [-0.25, -0.2) is 4.79 Å². The van der Waals surface area contributed by atoms with Gasteiger partial charge in [0.05, 0.1) is 26.1 Å². The molecule has 1 aliphatic rings. The van der Waals surface area contributed by atoms with Crippen molar-refractivity contribution in [2.24, 2.45) is 5.92 Å². The Labute approximate surface area is 149 Å². The molecule has 0 spiro atoms.